The Hall–Kier alpha value is -2.47. The van der Waals surface area contributed by atoms with Gasteiger partial charge in [-0.25, -0.2) is 4.98 Å². The molecule has 0 spiro atoms. The van der Waals surface area contributed by atoms with Crippen LogP contribution in [0.4, 0.5) is 11.5 Å². The Bertz CT molecular complexity index is 708. The number of amides is 1. The van der Waals surface area contributed by atoms with Gasteiger partial charge in [0.15, 0.2) is 0 Å². The number of hydrogen-bond acceptors (Lipinski definition) is 5. The molecule has 0 aliphatic carbocycles. The maximum Gasteiger partial charge on any atom is 0.258 e. The molecule has 0 unspecified atom stereocenters. The van der Waals surface area contributed by atoms with Crippen LogP contribution in [-0.4, -0.2) is 43.2 Å². The van der Waals surface area contributed by atoms with Crippen LogP contribution in [-0.2, 0) is 10.2 Å². The lowest BCUT2D eigenvalue weighted by Crippen LogP contribution is -2.23. The van der Waals surface area contributed by atoms with Crippen LogP contribution in [0.15, 0.2) is 36.8 Å². The zero-order valence-corrected chi connectivity index (χ0v) is 15.5. The van der Waals surface area contributed by atoms with Crippen molar-refractivity contribution in [3.63, 3.8) is 0 Å². The highest BCUT2D eigenvalue weighted by molar-refractivity contribution is 6.04. The van der Waals surface area contributed by atoms with Gasteiger partial charge in [-0.1, -0.05) is 20.8 Å². The van der Waals surface area contributed by atoms with Crippen LogP contribution in [0.1, 0.15) is 36.7 Å². The minimum absolute atomic E-state index is 0.142. The Morgan fingerprint density at radius 2 is 2.00 bits per heavy atom. The molecule has 134 valence electrons. The summed E-state index contributed by atoms with van der Waals surface area (Å²) >= 11 is 0. The summed E-state index contributed by atoms with van der Waals surface area (Å²) in [5.41, 5.74) is 2.34. The van der Waals surface area contributed by atoms with Crippen molar-refractivity contribution in [1.82, 2.24) is 9.97 Å². The first-order valence-corrected chi connectivity index (χ1v) is 8.25. The van der Waals surface area contributed by atoms with E-state index in [-0.39, 0.29) is 11.3 Å². The van der Waals surface area contributed by atoms with E-state index in [4.69, 9.17) is 4.74 Å². The summed E-state index contributed by atoms with van der Waals surface area (Å²) in [6.45, 7) is 7.63. The van der Waals surface area contributed by atoms with Gasteiger partial charge in [-0.05, 0) is 29.2 Å². The number of nitrogens with one attached hydrogen (secondary N) is 1. The maximum absolute atomic E-state index is 12.6. The third-order valence-electron chi connectivity index (χ3n) is 3.93. The molecule has 25 heavy (non-hydrogen) atoms. The van der Waals surface area contributed by atoms with E-state index < -0.39 is 0 Å². The van der Waals surface area contributed by atoms with E-state index in [0.717, 1.165) is 17.8 Å². The van der Waals surface area contributed by atoms with E-state index in [0.29, 0.717) is 18.0 Å². The van der Waals surface area contributed by atoms with Crippen LogP contribution in [0.25, 0.3) is 0 Å². The summed E-state index contributed by atoms with van der Waals surface area (Å²) < 4.78 is 5.07. The summed E-state index contributed by atoms with van der Waals surface area (Å²) in [5, 5.41) is 2.85. The first-order chi connectivity index (χ1) is 11.8. The van der Waals surface area contributed by atoms with Crippen LogP contribution in [0.2, 0.25) is 0 Å². The Morgan fingerprint density at radius 3 is 2.60 bits per heavy atom. The molecule has 0 aliphatic heterocycles. The van der Waals surface area contributed by atoms with Crippen molar-refractivity contribution in [2.75, 3.05) is 37.5 Å². The van der Waals surface area contributed by atoms with Gasteiger partial charge in [-0.3, -0.25) is 9.78 Å². The summed E-state index contributed by atoms with van der Waals surface area (Å²) in [4.78, 5) is 23.1. The van der Waals surface area contributed by atoms with Crippen molar-refractivity contribution >= 4 is 17.4 Å². The highest BCUT2D eigenvalue weighted by Gasteiger charge is 2.21. The molecule has 2 heterocycles. The third kappa shape index (κ3) is 5.00. The van der Waals surface area contributed by atoms with Gasteiger partial charge in [0.05, 0.1) is 24.1 Å². The molecule has 2 aromatic rings. The quantitative estimate of drug-likeness (QED) is 0.874. The fourth-order valence-corrected chi connectivity index (χ4v) is 2.46. The van der Waals surface area contributed by atoms with E-state index in [1.165, 1.54) is 0 Å². The summed E-state index contributed by atoms with van der Waals surface area (Å²) in [6.07, 6.45) is 5.04. The topological polar surface area (TPSA) is 67.3 Å². The average molecular weight is 342 g/mol. The lowest BCUT2D eigenvalue weighted by Gasteiger charge is -2.22. The summed E-state index contributed by atoms with van der Waals surface area (Å²) in [7, 11) is 3.65. The average Bonchev–Trinajstić information content (AvgIpc) is 2.59. The smallest absolute Gasteiger partial charge is 0.258 e. The van der Waals surface area contributed by atoms with E-state index in [2.05, 4.69) is 36.1 Å². The molecule has 0 aliphatic rings. The predicted molar refractivity (Wildman–Crippen MR) is 100 cm³/mol. The largest absolute Gasteiger partial charge is 0.383 e. The second-order valence-electron chi connectivity index (χ2n) is 6.94. The normalized spacial score (nSPS) is 11.2. The van der Waals surface area contributed by atoms with E-state index in [1.807, 2.05) is 24.1 Å². The number of methoxy groups -OCH3 is 1. The molecule has 2 aromatic heterocycles. The van der Waals surface area contributed by atoms with Crippen molar-refractivity contribution in [3.05, 3.63) is 47.9 Å². The van der Waals surface area contributed by atoms with Crippen molar-refractivity contribution in [2.24, 2.45) is 0 Å². The van der Waals surface area contributed by atoms with E-state index in [1.54, 1.807) is 31.8 Å². The third-order valence-corrected chi connectivity index (χ3v) is 3.93. The number of aromatic nitrogens is 2. The Kier molecular flexibility index (Phi) is 6.09. The lowest BCUT2D eigenvalue weighted by atomic mass is 9.84. The zero-order chi connectivity index (χ0) is 18.4. The van der Waals surface area contributed by atoms with Gasteiger partial charge in [0.25, 0.3) is 5.91 Å². The van der Waals surface area contributed by atoms with E-state index in [9.17, 15) is 4.79 Å². The predicted octanol–water partition coefficient (Wildman–Crippen LogP) is 3.11. The van der Waals surface area contributed by atoms with Crippen LogP contribution >= 0.6 is 0 Å². The van der Waals surface area contributed by atoms with Crippen LogP contribution < -0.4 is 10.2 Å². The fraction of sp³-hybridized carbons (Fsp3) is 0.421. The van der Waals surface area contributed by atoms with Crippen molar-refractivity contribution in [2.45, 2.75) is 26.2 Å². The number of carbonyl (C=O) groups excluding carboxylic acids is 1. The number of ether oxygens (including phenoxy) is 1. The van der Waals surface area contributed by atoms with Crippen molar-refractivity contribution < 1.29 is 9.53 Å². The van der Waals surface area contributed by atoms with Gasteiger partial charge in [0.2, 0.25) is 0 Å². The molecule has 0 saturated heterocycles. The number of pyridine rings is 2. The second kappa shape index (κ2) is 8.07. The molecule has 0 aromatic carbocycles. The molecule has 0 radical (unpaired) electrons. The highest BCUT2D eigenvalue weighted by Crippen LogP contribution is 2.25. The Balaban J connectivity index is 2.12. The number of likely N-dealkylation sites (N-methyl/N-ethyl adjacent to an activating group) is 1. The van der Waals surface area contributed by atoms with Crippen molar-refractivity contribution in [1.29, 1.82) is 0 Å². The van der Waals surface area contributed by atoms with Gasteiger partial charge in [-0.15, -0.1) is 0 Å². The Labute approximate surface area is 149 Å². The SMILES string of the molecule is COCCN(C)c1ccc(NC(=O)c2cnccc2C(C)(C)C)nc1. The molecule has 1 amide bonds. The van der Waals surface area contributed by atoms with Gasteiger partial charge >= 0.3 is 0 Å². The first kappa shape index (κ1) is 18.9. The molecule has 0 atom stereocenters. The molecular formula is C19H26N4O2. The summed E-state index contributed by atoms with van der Waals surface area (Å²) in [6, 6.07) is 5.60. The minimum Gasteiger partial charge on any atom is -0.383 e. The fourth-order valence-electron chi connectivity index (χ4n) is 2.46. The lowest BCUT2D eigenvalue weighted by molar-refractivity contribution is 0.102. The minimum atomic E-state index is -0.203. The number of nitrogens with zero attached hydrogens (tertiary/aromatic N) is 3. The number of hydrogen-bond donors (Lipinski definition) is 1. The zero-order valence-electron chi connectivity index (χ0n) is 15.5. The summed E-state index contributed by atoms with van der Waals surface area (Å²) in [5.74, 6) is 0.309. The molecule has 6 heteroatoms. The molecule has 0 saturated carbocycles. The number of carbonyl (C=O) groups is 1. The standard InChI is InChI=1S/C19H26N4O2/c1-19(2,3)16-8-9-20-13-15(16)18(24)22-17-7-6-14(12-21-17)23(4)10-11-25-5/h6-9,12-13H,10-11H2,1-5H3,(H,21,22,24). The number of anilines is 2. The van der Waals surface area contributed by atoms with Gasteiger partial charge in [-0.2, -0.15) is 0 Å². The molecule has 1 N–H and O–H groups in total. The molecular weight excluding hydrogens is 316 g/mol. The van der Waals surface area contributed by atoms with Crippen LogP contribution in [0.3, 0.4) is 0 Å². The van der Waals surface area contributed by atoms with Crippen molar-refractivity contribution in [3.8, 4) is 0 Å². The van der Waals surface area contributed by atoms with Gasteiger partial charge in [0, 0.05) is 33.1 Å². The highest BCUT2D eigenvalue weighted by atomic mass is 16.5. The van der Waals surface area contributed by atoms with Gasteiger partial charge < -0.3 is 15.0 Å². The number of rotatable bonds is 6. The second-order valence-corrected chi connectivity index (χ2v) is 6.94. The molecule has 2 rings (SSSR count). The van der Waals surface area contributed by atoms with Gasteiger partial charge in [0.1, 0.15) is 5.82 Å². The van der Waals surface area contributed by atoms with Crippen LogP contribution in [0.5, 0.6) is 0 Å². The van der Waals surface area contributed by atoms with Crippen LogP contribution in [0, 0.1) is 0 Å². The first-order valence-electron chi connectivity index (χ1n) is 8.25. The molecule has 0 bridgehead atoms. The monoisotopic (exact) mass is 342 g/mol. The molecule has 6 nitrogen and oxygen atoms in total. The Morgan fingerprint density at radius 1 is 1.24 bits per heavy atom. The molecule has 0 fully saturated rings. The van der Waals surface area contributed by atoms with E-state index >= 15 is 0 Å². The maximum atomic E-state index is 12.6.